The number of carbonyl (C=O) groups is 1. The van der Waals surface area contributed by atoms with E-state index in [9.17, 15) is 18.3 Å². The first kappa shape index (κ1) is 18.5. The topological polar surface area (TPSA) is 83.9 Å². The van der Waals surface area contributed by atoms with Crippen LogP contribution < -0.4 is 4.74 Å². The summed E-state index contributed by atoms with van der Waals surface area (Å²) in [4.78, 5) is 11.4. The second-order valence-corrected chi connectivity index (χ2v) is 7.87. The quantitative estimate of drug-likeness (QED) is 0.762. The molecule has 0 radical (unpaired) electrons. The van der Waals surface area contributed by atoms with Gasteiger partial charge in [0, 0.05) is 13.0 Å². The van der Waals surface area contributed by atoms with E-state index >= 15 is 0 Å². The van der Waals surface area contributed by atoms with E-state index in [1.165, 1.54) is 6.07 Å². The number of hydrogen-bond donors (Lipinski definition) is 1. The van der Waals surface area contributed by atoms with Crippen LogP contribution in [0.25, 0.3) is 0 Å². The van der Waals surface area contributed by atoms with Gasteiger partial charge in [0.2, 0.25) is 10.0 Å². The molecular weight excluding hydrogens is 330 g/mol. The Kier molecular flexibility index (Phi) is 5.66. The van der Waals surface area contributed by atoms with E-state index in [4.69, 9.17) is 4.74 Å². The molecule has 24 heavy (non-hydrogen) atoms. The van der Waals surface area contributed by atoms with Gasteiger partial charge in [-0.25, -0.2) is 8.42 Å². The summed E-state index contributed by atoms with van der Waals surface area (Å²) in [5.74, 6) is -0.869. The van der Waals surface area contributed by atoms with Crippen molar-refractivity contribution in [1.29, 1.82) is 0 Å². The van der Waals surface area contributed by atoms with Crippen molar-refractivity contribution in [3.8, 4) is 5.75 Å². The zero-order valence-corrected chi connectivity index (χ0v) is 14.8. The van der Waals surface area contributed by atoms with Crippen LogP contribution in [0.15, 0.2) is 35.7 Å². The number of carboxylic acid groups (broad SMARTS) is 1. The van der Waals surface area contributed by atoms with E-state index in [0.717, 1.165) is 9.87 Å². The number of benzene rings is 1. The third kappa shape index (κ3) is 3.79. The van der Waals surface area contributed by atoms with Crippen molar-refractivity contribution in [3.05, 3.63) is 36.4 Å². The fourth-order valence-corrected chi connectivity index (χ4v) is 4.58. The lowest BCUT2D eigenvalue weighted by atomic mass is 10.2. The van der Waals surface area contributed by atoms with Crippen molar-refractivity contribution in [2.75, 3.05) is 6.54 Å². The molecule has 6 nitrogen and oxygen atoms in total. The summed E-state index contributed by atoms with van der Waals surface area (Å²) in [6, 6.07) is 3.81. The molecule has 0 aromatic heterocycles. The SMILES string of the molecule is C=CC[C@H](C)Oc1cc(C)ccc1S(=O)(=O)N1CCC[C@H]1C(=O)O. The average molecular weight is 353 g/mol. The highest BCUT2D eigenvalue weighted by molar-refractivity contribution is 7.89. The summed E-state index contributed by atoms with van der Waals surface area (Å²) in [5.41, 5.74) is 0.867. The van der Waals surface area contributed by atoms with Crippen LogP contribution in [-0.2, 0) is 14.8 Å². The maximum atomic E-state index is 13.0. The molecule has 2 atom stereocenters. The monoisotopic (exact) mass is 353 g/mol. The van der Waals surface area contributed by atoms with Crippen LogP contribution in [-0.4, -0.2) is 42.5 Å². The number of nitrogens with zero attached hydrogens (tertiary/aromatic N) is 1. The number of hydrogen-bond acceptors (Lipinski definition) is 4. The molecule has 1 aromatic carbocycles. The predicted molar refractivity (Wildman–Crippen MR) is 90.6 cm³/mol. The Labute approximate surface area is 142 Å². The summed E-state index contributed by atoms with van der Waals surface area (Å²) in [7, 11) is -3.94. The fraction of sp³-hybridized carbons (Fsp3) is 0.471. The van der Waals surface area contributed by atoms with Gasteiger partial charge in [-0.3, -0.25) is 4.79 Å². The van der Waals surface area contributed by atoms with Gasteiger partial charge in [-0.1, -0.05) is 12.1 Å². The van der Waals surface area contributed by atoms with Crippen LogP contribution in [0.1, 0.15) is 31.7 Å². The highest BCUT2D eigenvalue weighted by atomic mass is 32.2. The van der Waals surface area contributed by atoms with E-state index in [2.05, 4.69) is 6.58 Å². The molecular formula is C17H23NO5S. The van der Waals surface area contributed by atoms with Gasteiger partial charge in [-0.15, -0.1) is 6.58 Å². The van der Waals surface area contributed by atoms with Crippen molar-refractivity contribution in [1.82, 2.24) is 4.31 Å². The van der Waals surface area contributed by atoms with Crippen LogP contribution >= 0.6 is 0 Å². The second kappa shape index (κ2) is 7.36. The molecule has 2 rings (SSSR count). The molecule has 1 aromatic rings. The molecule has 0 bridgehead atoms. The van der Waals surface area contributed by atoms with Crippen molar-refractivity contribution in [3.63, 3.8) is 0 Å². The average Bonchev–Trinajstić information content (AvgIpc) is 2.97. The summed E-state index contributed by atoms with van der Waals surface area (Å²) in [6.07, 6.45) is 2.91. The van der Waals surface area contributed by atoms with Crippen LogP contribution in [0.5, 0.6) is 5.75 Å². The Bertz CT molecular complexity index is 728. The molecule has 1 aliphatic rings. The second-order valence-electron chi connectivity index (χ2n) is 6.02. The molecule has 0 amide bonds. The maximum absolute atomic E-state index is 13.0. The van der Waals surface area contributed by atoms with E-state index < -0.39 is 22.0 Å². The molecule has 0 saturated carbocycles. The molecule has 132 valence electrons. The van der Waals surface area contributed by atoms with Crippen molar-refractivity contribution in [2.45, 2.75) is 50.2 Å². The largest absolute Gasteiger partial charge is 0.489 e. The first-order valence-corrected chi connectivity index (χ1v) is 9.34. The zero-order valence-electron chi connectivity index (χ0n) is 13.9. The van der Waals surface area contributed by atoms with Crippen molar-refractivity contribution < 1.29 is 23.1 Å². The minimum atomic E-state index is -3.94. The number of ether oxygens (including phenoxy) is 1. The van der Waals surface area contributed by atoms with Crippen LogP contribution in [0, 0.1) is 6.92 Å². The van der Waals surface area contributed by atoms with Gasteiger partial charge in [0.25, 0.3) is 0 Å². The number of aliphatic carboxylic acids is 1. The van der Waals surface area contributed by atoms with Gasteiger partial charge < -0.3 is 9.84 Å². The number of rotatable bonds is 7. The van der Waals surface area contributed by atoms with Gasteiger partial charge >= 0.3 is 5.97 Å². The Morgan fingerprint density at radius 3 is 2.88 bits per heavy atom. The van der Waals surface area contributed by atoms with E-state index in [-0.39, 0.29) is 23.3 Å². The van der Waals surface area contributed by atoms with Gasteiger partial charge in [0.1, 0.15) is 16.7 Å². The first-order valence-electron chi connectivity index (χ1n) is 7.90. The minimum absolute atomic E-state index is 0.0113. The summed E-state index contributed by atoms with van der Waals surface area (Å²) >= 11 is 0. The smallest absolute Gasteiger partial charge is 0.322 e. The highest BCUT2D eigenvalue weighted by Crippen LogP contribution is 2.33. The Balaban J connectivity index is 2.42. The number of sulfonamides is 1. The highest BCUT2D eigenvalue weighted by Gasteiger charge is 2.40. The lowest BCUT2D eigenvalue weighted by Gasteiger charge is -2.23. The Hall–Kier alpha value is -1.86. The molecule has 0 aliphatic carbocycles. The normalized spacial score (nSPS) is 19.8. The third-order valence-electron chi connectivity index (χ3n) is 4.00. The van der Waals surface area contributed by atoms with Crippen molar-refractivity contribution in [2.24, 2.45) is 0 Å². The number of aryl methyl sites for hydroxylation is 1. The van der Waals surface area contributed by atoms with E-state index in [1.54, 1.807) is 18.2 Å². The molecule has 1 saturated heterocycles. The number of carboxylic acids is 1. The van der Waals surface area contributed by atoms with Gasteiger partial charge in [-0.05, 0) is 44.4 Å². The maximum Gasteiger partial charge on any atom is 0.322 e. The predicted octanol–water partition coefficient (Wildman–Crippen LogP) is 2.58. The summed E-state index contributed by atoms with van der Waals surface area (Å²) < 4.78 is 32.8. The van der Waals surface area contributed by atoms with Crippen molar-refractivity contribution >= 4 is 16.0 Å². The minimum Gasteiger partial charge on any atom is -0.489 e. The molecule has 0 spiro atoms. The standard InChI is InChI=1S/C17H23NO5S/c1-4-6-13(3)23-15-11-12(2)8-9-16(15)24(21,22)18-10-5-7-14(18)17(19)20/h4,8-9,11,13-14H,1,5-7,10H2,2-3H3,(H,19,20)/t13-,14-/m0/s1. The molecule has 0 unspecified atom stereocenters. The molecule has 1 fully saturated rings. The summed E-state index contributed by atoms with van der Waals surface area (Å²) in [5, 5.41) is 9.27. The lowest BCUT2D eigenvalue weighted by Crippen LogP contribution is -2.40. The van der Waals surface area contributed by atoms with E-state index in [0.29, 0.717) is 19.3 Å². The Morgan fingerprint density at radius 1 is 1.54 bits per heavy atom. The van der Waals surface area contributed by atoms with E-state index in [1.807, 2.05) is 13.8 Å². The van der Waals surface area contributed by atoms with Gasteiger partial charge in [-0.2, -0.15) is 4.31 Å². The third-order valence-corrected chi connectivity index (χ3v) is 5.95. The van der Waals surface area contributed by atoms with Crippen LogP contribution in [0.3, 0.4) is 0 Å². The first-order chi connectivity index (χ1) is 11.3. The van der Waals surface area contributed by atoms with Crippen LogP contribution in [0.2, 0.25) is 0 Å². The molecule has 1 N–H and O–H groups in total. The lowest BCUT2D eigenvalue weighted by molar-refractivity contribution is -0.140. The summed E-state index contributed by atoms with van der Waals surface area (Å²) in [6.45, 7) is 7.53. The fourth-order valence-electron chi connectivity index (χ4n) is 2.82. The molecule has 7 heteroatoms. The molecule has 1 heterocycles. The zero-order chi connectivity index (χ0) is 17.9. The van der Waals surface area contributed by atoms with Gasteiger partial charge in [0.05, 0.1) is 6.10 Å². The molecule has 1 aliphatic heterocycles. The van der Waals surface area contributed by atoms with Crippen LogP contribution in [0.4, 0.5) is 0 Å². The van der Waals surface area contributed by atoms with Gasteiger partial charge in [0.15, 0.2) is 0 Å². The Morgan fingerprint density at radius 2 is 2.25 bits per heavy atom.